The van der Waals surface area contributed by atoms with Crippen LogP contribution in [0.5, 0.6) is 5.75 Å². The third-order valence-electron chi connectivity index (χ3n) is 4.04. The Kier molecular flexibility index (Phi) is 3.88. The van der Waals surface area contributed by atoms with Gasteiger partial charge in [0.15, 0.2) is 0 Å². The largest absolute Gasteiger partial charge is 0.491 e. The summed E-state index contributed by atoms with van der Waals surface area (Å²) >= 11 is 0. The predicted molar refractivity (Wildman–Crippen MR) is 78.9 cm³/mol. The van der Waals surface area contributed by atoms with E-state index in [0.717, 1.165) is 16.9 Å². The van der Waals surface area contributed by atoms with E-state index in [9.17, 15) is 14.7 Å². The summed E-state index contributed by atoms with van der Waals surface area (Å²) in [6.07, 6.45) is -0.00869. The zero-order chi connectivity index (χ0) is 15.9. The van der Waals surface area contributed by atoms with Crippen LogP contribution in [0.15, 0.2) is 18.2 Å². The maximum Gasteiger partial charge on any atom is 0.244 e. The van der Waals surface area contributed by atoms with Gasteiger partial charge in [0.2, 0.25) is 11.8 Å². The number of fused-ring (bicyclic) bond motifs is 1. The van der Waals surface area contributed by atoms with E-state index in [2.05, 4.69) is 5.32 Å². The van der Waals surface area contributed by atoms with E-state index in [4.69, 9.17) is 4.74 Å². The first-order chi connectivity index (χ1) is 10.5. The van der Waals surface area contributed by atoms with E-state index in [0.29, 0.717) is 19.4 Å². The average molecular weight is 304 g/mol. The van der Waals surface area contributed by atoms with Gasteiger partial charge in [-0.15, -0.1) is 0 Å². The lowest BCUT2D eigenvalue weighted by atomic mass is 10.0. The quantitative estimate of drug-likeness (QED) is 0.817. The summed E-state index contributed by atoms with van der Waals surface area (Å²) < 4.78 is 5.67. The van der Waals surface area contributed by atoms with Gasteiger partial charge in [0.25, 0.3) is 0 Å². The van der Waals surface area contributed by atoms with Crippen LogP contribution in [0.2, 0.25) is 0 Å². The summed E-state index contributed by atoms with van der Waals surface area (Å²) in [5.74, 6) is 0.174. The van der Waals surface area contributed by atoms with Crippen LogP contribution in [-0.4, -0.2) is 34.0 Å². The zero-order valence-corrected chi connectivity index (χ0v) is 12.7. The molecule has 0 saturated carbocycles. The number of benzene rings is 1. The minimum atomic E-state index is -0.827. The number of ether oxygens (including phenoxy) is 1. The summed E-state index contributed by atoms with van der Waals surface area (Å²) in [5, 5.41) is 12.8. The Hall–Kier alpha value is -1.92. The molecule has 2 amide bonds. The second-order valence-corrected chi connectivity index (χ2v) is 6.04. The van der Waals surface area contributed by atoms with Gasteiger partial charge in [0, 0.05) is 18.5 Å². The molecule has 118 valence electrons. The lowest BCUT2D eigenvalue weighted by Crippen LogP contribution is -2.51. The van der Waals surface area contributed by atoms with Crippen molar-refractivity contribution in [1.29, 1.82) is 0 Å². The van der Waals surface area contributed by atoms with Crippen molar-refractivity contribution >= 4 is 11.8 Å². The van der Waals surface area contributed by atoms with Crippen LogP contribution in [0.3, 0.4) is 0 Å². The van der Waals surface area contributed by atoms with Gasteiger partial charge >= 0.3 is 0 Å². The van der Waals surface area contributed by atoms with E-state index in [1.54, 1.807) is 4.90 Å². The summed E-state index contributed by atoms with van der Waals surface area (Å²) in [4.78, 5) is 25.0. The molecule has 3 rings (SSSR count). The fourth-order valence-corrected chi connectivity index (χ4v) is 3.06. The molecule has 0 aromatic heterocycles. The SMILES string of the molecule is CC(C)Oc1ccc2c(c1)CN(C1CCC(=O)NC1=O)C2O. The van der Waals surface area contributed by atoms with Gasteiger partial charge in [-0.05, 0) is 38.0 Å². The molecule has 2 N–H and O–H groups in total. The molecule has 1 aromatic carbocycles. The Morgan fingerprint density at radius 3 is 2.82 bits per heavy atom. The van der Waals surface area contributed by atoms with Crippen LogP contribution in [0, 0.1) is 0 Å². The van der Waals surface area contributed by atoms with Gasteiger partial charge in [0.1, 0.15) is 12.0 Å². The highest BCUT2D eigenvalue weighted by Gasteiger charge is 2.39. The Morgan fingerprint density at radius 1 is 1.36 bits per heavy atom. The number of carbonyl (C=O) groups is 2. The van der Waals surface area contributed by atoms with Crippen molar-refractivity contribution in [3.05, 3.63) is 29.3 Å². The number of nitrogens with zero attached hydrogens (tertiary/aromatic N) is 1. The minimum absolute atomic E-state index is 0.0793. The Morgan fingerprint density at radius 2 is 2.14 bits per heavy atom. The number of hydrogen-bond donors (Lipinski definition) is 2. The molecule has 0 aliphatic carbocycles. The Balaban J connectivity index is 1.80. The number of aliphatic hydroxyl groups is 1. The fraction of sp³-hybridized carbons (Fsp3) is 0.500. The highest BCUT2D eigenvalue weighted by Crippen LogP contribution is 2.36. The molecule has 2 unspecified atom stereocenters. The van der Waals surface area contributed by atoms with Crippen molar-refractivity contribution in [1.82, 2.24) is 10.2 Å². The standard InChI is InChI=1S/C16H20N2O4/c1-9(2)22-11-3-4-12-10(7-11)8-18(16(12)21)13-5-6-14(19)17-15(13)20/h3-4,7,9,13,16,21H,5-6,8H2,1-2H3,(H,17,19,20). The van der Waals surface area contributed by atoms with Crippen LogP contribution in [0.25, 0.3) is 0 Å². The van der Waals surface area contributed by atoms with Crippen molar-refractivity contribution in [2.45, 2.75) is 51.6 Å². The fourth-order valence-electron chi connectivity index (χ4n) is 3.06. The van der Waals surface area contributed by atoms with Crippen molar-refractivity contribution in [3.8, 4) is 5.75 Å². The molecule has 2 atom stereocenters. The van der Waals surface area contributed by atoms with Crippen molar-refractivity contribution in [3.63, 3.8) is 0 Å². The number of aliphatic hydroxyl groups excluding tert-OH is 1. The van der Waals surface area contributed by atoms with Crippen LogP contribution >= 0.6 is 0 Å². The number of carbonyl (C=O) groups excluding carboxylic acids is 2. The molecule has 0 spiro atoms. The molecule has 2 heterocycles. The molecule has 2 aliphatic heterocycles. The van der Waals surface area contributed by atoms with E-state index in [1.807, 2.05) is 32.0 Å². The normalized spacial score (nSPS) is 25.3. The van der Waals surface area contributed by atoms with Gasteiger partial charge in [-0.25, -0.2) is 0 Å². The number of nitrogens with one attached hydrogen (secondary N) is 1. The maximum absolute atomic E-state index is 12.0. The maximum atomic E-state index is 12.0. The second-order valence-electron chi connectivity index (χ2n) is 6.04. The molecule has 1 saturated heterocycles. The van der Waals surface area contributed by atoms with Crippen LogP contribution < -0.4 is 10.1 Å². The minimum Gasteiger partial charge on any atom is -0.491 e. The monoisotopic (exact) mass is 304 g/mol. The molecule has 1 aromatic rings. The molecular weight excluding hydrogens is 284 g/mol. The molecule has 0 bridgehead atoms. The second kappa shape index (κ2) is 5.70. The number of rotatable bonds is 3. The Bertz CT molecular complexity index is 614. The molecular formula is C16H20N2O4. The van der Waals surface area contributed by atoms with Crippen LogP contribution in [0.4, 0.5) is 0 Å². The topological polar surface area (TPSA) is 78.9 Å². The smallest absolute Gasteiger partial charge is 0.244 e. The lowest BCUT2D eigenvalue weighted by molar-refractivity contribution is -0.141. The van der Waals surface area contributed by atoms with Gasteiger partial charge in [-0.2, -0.15) is 0 Å². The van der Waals surface area contributed by atoms with Gasteiger partial charge in [0.05, 0.1) is 12.1 Å². The third kappa shape index (κ3) is 2.71. The van der Waals surface area contributed by atoms with Crippen LogP contribution in [-0.2, 0) is 16.1 Å². The predicted octanol–water partition coefficient (Wildman–Crippen LogP) is 1.09. The van der Waals surface area contributed by atoms with Gasteiger partial charge in [-0.3, -0.25) is 19.8 Å². The number of imide groups is 1. The van der Waals surface area contributed by atoms with Crippen molar-refractivity contribution in [2.24, 2.45) is 0 Å². The summed E-state index contributed by atoms with van der Waals surface area (Å²) in [6.45, 7) is 4.38. The van der Waals surface area contributed by atoms with Crippen molar-refractivity contribution < 1.29 is 19.4 Å². The Labute approximate surface area is 129 Å². The molecule has 6 nitrogen and oxygen atoms in total. The van der Waals surface area contributed by atoms with Gasteiger partial charge in [-0.1, -0.05) is 6.07 Å². The molecule has 1 fully saturated rings. The number of piperidine rings is 1. The number of amides is 2. The van der Waals surface area contributed by atoms with E-state index in [-0.39, 0.29) is 17.9 Å². The number of hydrogen-bond acceptors (Lipinski definition) is 5. The average Bonchev–Trinajstić information content (AvgIpc) is 2.75. The highest BCUT2D eigenvalue weighted by atomic mass is 16.5. The van der Waals surface area contributed by atoms with Gasteiger partial charge < -0.3 is 9.84 Å². The van der Waals surface area contributed by atoms with E-state index in [1.165, 1.54) is 0 Å². The molecule has 0 radical (unpaired) electrons. The first-order valence-corrected chi connectivity index (χ1v) is 7.52. The van der Waals surface area contributed by atoms with Crippen LogP contribution in [0.1, 0.15) is 44.0 Å². The molecule has 2 aliphatic rings. The van der Waals surface area contributed by atoms with E-state index >= 15 is 0 Å². The van der Waals surface area contributed by atoms with E-state index < -0.39 is 12.3 Å². The van der Waals surface area contributed by atoms with Crippen molar-refractivity contribution in [2.75, 3.05) is 0 Å². The highest BCUT2D eigenvalue weighted by molar-refractivity contribution is 6.00. The first-order valence-electron chi connectivity index (χ1n) is 7.52. The lowest BCUT2D eigenvalue weighted by Gasteiger charge is -2.31. The summed E-state index contributed by atoms with van der Waals surface area (Å²) in [5.41, 5.74) is 1.75. The third-order valence-corrected chi connectivity index (χ3v) is 4.04. The first kappa shape index (κ1) is 15.0. The molecule has 22 heavy (non-hydrogen) atoms. The molecule has 6 heteroatoms. The zero-order valence-electron chi connectivity index (χ0n) is 12.7. The summed E-state index contributed by atoms with van der Waals surface area (Å²) in [6, 6.07) is 5.10. The summed E-state index contributed by atoms with van der Waals surface area (Å²) in [7, 11) is 0.